The molecule has 1 aliphatic carbocycles. The van der Waals surface area contributed by atoms with Crippen molar-refractivity contribution >= 4 is 17.3 Å². The van der Waals surface area contributed by atoms with Crippen LogP contribution in [-0.4, -0.2) is 18.4 Å². The predicted molar refractivity (Wildman–Crippen MR) is 141 cm³/mol. The van der Waals surface area contributed by atoms with Gasteiger partial charge < -0.3 is 4.74 Å². The van der Waals surface area contributed by atoms with Crippen molar-refractivity contribution in [3.8, 4) is 0 Å². The van der Waals surface area contributed by atoms with Crippen LogP contribution in [0, 0.1) is 5.92 Å². The number of Topliss-reactive ketones (excluding diaryl/α,β-unsaturated/α-hetero) is 1. The maximum absolute atomic E-state index is 12.7. The molecule has 0 spiro atoms. The summed E-state index contributed by atoms with van der Waals surface area (Å²) in [5.41, 5.74) is 4.49. The van der Waals surface area contributed by atoms with Gasteiger partial charge in [-0.15, -0.1) is 0 Å². The average Bonchev–Trinajstić information content (AvgIpc) is 2.92. The van der Waals surface area contributed by atoms with Gasteiger partial charge in [-0.3, -0.25) is 4.79 Å². The number of carbonyl (C=O) groups is 2. The first-order valence-electron chi connectivity index (χ1n) is 12.8. The molecule has 3 nitrogen and oxygen atoms in total. The van der Waals surface area contributed by atoms with E-state index in [2.05, 4.69) is 19.1 Å². The molecule has 0 amide bonds. The van der Waals surface area contributed by atoms with E-state index in [0.717, 1.165) is 22.6 Å². The normalized spacial score (nSPS) is 17.4. The zero-order chi connectivity index (χ0) is 24.5. The highest BCUT2D eigenvalue weighted by molar-refractivity contribution is 6.00. The predicted octanol–water partition coefficient (Wildman–Crippen LogP) is 7.62. The lowest BCUT2D eigenvalue weighted by atomic mass is 9.77. The molecule has 0 N–H and O–H groups in total. The highest BCUT2D eigenvalue weighted by Gasteiger charge is 2.22. The van der Waals surface area contributed by atoms with E-state index in [9.17, 15) is 9.59 Å². The molecular weight excluding hydrogens is 432 g/mol. The van der Waals surface area contributed by atoms with Crippen LogP contribution in [0.4, 0.5) is 0 Å². The minimum absolute atomic E-state index is 0.189. The molecule has 1 fully saturated rings. The molecule has 0 radical (unpaired) electrons. The van der Waals surface area contributed by atoms with Gasteiger partial charge in [0, 0.05) is 11.6 Å². The summed E-state index contributed by atoms with van der Waals surface area (Å²) >= 11 is 0. The smallest absolute Gasteiger partial charge is 0.331 e. The summed E-state index contributed by atoms with van der Waals surface area (Å²) in [4.78, 5) is 25.3. The van der Waals surface area contributed by atoms with Gasteiger partial charge >= 0.3 is 5.97 Å². The van der Waals surface area contributed by atoms with Crippen molar-refractivity contribution < 1.29 is 14.3 Å². The van der Waals surface area contributed by atoms with E-state index in [1.807, 2.05) is 72.8 Å². The first-order valence-corrected chi connectivity index (χ1v) is 12.8. The molecule has 0 bridgehead atoms. The van der Waals surface area contributed by atoms with Crippen LogP contribution in [0.3, 0.4) is 0 Å². The molecule has 0 unspecified atom stereocenters. The van der Waals surface area contributed by atoms with Gasteiger partial charge in [0.1, 0.15) is 0 Å². The molecule has 1 aliphatic rings. The molecule has 3 aromatic carbocycles. The number of rotatable bonds is 9. The first kappa shape index (κ1) is 24.7. The maximum Gasteiger partial charge on any atom is 0.331 e. The second-order valence-corrected chi connectivity index (χ2v) is 9.45. The Labute approximate surface area is 208 Å². The van der Waals surface area contributed by atoms with Crippen molar-refractivity contribution in [2.24, 2.45) is 5.92 Å². The van der Waals surface area contributed by atoms with E-state index >= 15 is 0 Å². The topological polar surface area (TPSA) is 43.4 Å². The van der Waals surface area contributed by atoms with Crippen molar-refractivity contribution in [2.45, 2.75) is 51.4 Å². The molecule has 0 aliphatic heterocycles. The van der Waals surface area contributed by atoms with Crippen molar-refractivity contribution in [1.29, 1.82) is 0 Å². The fourth-order valence-corrected chi connectivity index (χ4v) is 5.08. The number of hydrogen-bond acceptors (Lipinski definition) is 3. The Kier molecular flexibility index (Phi) is 8.67. The summed E-state index contributed by atoms with van der Waals surface area (Å²) < 4.78 is 5.35. The fourth-order valence-electron chi connectivity index (χ4n) is 5.08. The molecule has 0 atom stereocenters. The maximum atomic E-state index is 12.7. The van der Waals surface area contributed by atoms with E-state index in [0.29, 0.717) is 11.5 Å². The van der Waals surface area contributed by atoms with Crippen LogP contribution in [-0.2, 0) is 9.53 Å². The molecule has 3 aromatic rings. The number of esters is 1. The van der Waals surface area contributed by atoms with Crippen molar-refractivity contribution in [1.82, 2.24) is 0 Å². The highest BCUT2D eigenvalue weighted by Crippen LogP contribution is 2.37. The van der Waals surface area contributed by atoms with Crippen LogP contribution in [0.15, 0.2) is 91.0 Å². The number of hydrogen-bond donors (Lipinski definition) is 0. The quantitative estimate of drug-likeness (QED) is 0.185. The Balaban J connectivity index is 1.36. The van der Waals surface area contributed by atoms with Gasteiger partial charge in [-0.1, -0.05) is 105 Å². The van der Waals surface area contributed by atoms with Crippen molar-refractivity contribution in [2.75, 3.05) is 6.61 Å². The second kappa shape index (κ2) is 12.3. The molecule has 35 heavy (non-hydrogen) atoms. The molecule has 0 heterocycles. The third kappa shape index (κ3) is 6.79. The van der Waals surface area contributed by atoms with E-state index in [4.69, 9.17) is 4.74 Å². The average molecular weight is 467 g/mol. The Bertz CT molecular complexity index is 1080. The van der Waals surface area contributed by atoms with E-state index in [-0.39, 0.29) is 12.4 Å². The summed E-state index contributed by atoms with van der Waals surface area (Å²) in [5, 5.41) is 0. The lowest BCUT2D eigenvalue weighted by molar-refractivity contribution is -0.136. The third-order valence-corrected chi connectivity index (χ3v) is 7.03. The van der Waals surface area contributed by atoms with E-state index < -0.39 is 5.97 Å². The second-order valence-electron chi connectivity index (χ2n) is 9.45. The Morgan fingerprint density at radius 3 is 1.89 bits per heavy atom. The minimum Gasteiger partial charge on any atom is -0.454 e. The van der Waals surface area contributed by atoms with E-state index in [1.54, 1.807) is 0 Å². The largest absolute Gasteiger partial charge is 0.454 e. The third-order valence-electron chi connectivity index (χ3n) is 7.03. The van der Waals surface area contributed by atoms with Gasteiger partial charge in [0.15, 0.2) is 12.4 Å². The minimum atomic E-state index is -0.526. The zero-order valence-electron chi connectivity index (χ0n) is 20.5. The summed E-state index contributed by atoms with van der Waals surface area (Å²) in [5.74, 6) is 0.752. The molecule has 0 aromatic heterocycles. The zero-order valence-corrected chi connectivity index (χ0v) is 20.5. The van der Waals surface area contributed by atoms with Crippen LogP contribution >= 0.6 is 0 Å². The first-order chi connectivity index (χ1) is 17.1. The van der Waals surface area contributed by atoms with Gasteiger partial charge in [-0.25, -0.2) is 4.79 Å². The molecule has 0 saturated heterocycles. The molecule has 180 valence electrons. The van der Waals surface area contributed by atoms with Gasteiger partial charge in [0.25, 0.3) is 0 Å². The van der Waals surface area contributed by atoms with Gasteiger partial charge in [-0.05, 0) is 59.8 Å². The lowest BCUT2D eigenvalue weighted by Crippen LogP contribution is -2.14. The molecule has 1 saturated carbocycles. The van der Waals surface area contributed by atoms with Crippen LogP contribution in [0.2, 0.25) is 0 Å². The summed E-state index contributed by atoms with van der Waals surface area (Å²) in [6.45, 7) is 1.99. The van der Waals surface area contributed by atoms with Gasteiger partial charge in [0.05, 0.1) is 0 Å². The lowest BCUT2D eigenvalue weighted by Gasteiger charge is -2.28. The summed E-state index contributed by atoms with van der Waals surface area (Å²) in [6, 6.07) is 27.3. The Morgan fingerprint density at radius 1 is 0.771 bits per heavy atom. The van der Waals surface area contributed by atoms with Crippen LogP contribution in [0.1, 0.15) is 78.4 Å². The molecule has 4 rings (SSSR count). The SMILES string of the molecule is CCCC1CCC(c2ccc(C(=O)COC(=O)C=C(c3ccccc3)c3ccccc3)cc2)CC1. The fraction of sp³-hybridized carbons (Fsp3) is 0.312. The van der Waals surface area contributed by atoms with E-state index in [1.165, 1.54) is 50.2 Å². The molecular formula is C32H34O3. The van der Waals surface area contributed by atoms with Crippen LogP contribution < -0.4 is 0 Å². The van der Waals surface area contributed by atoms with Gasteiger partial charge in [0.2, 0.25) is 0 Å². The van der Waals surface area contributed by atoms with Crippen LogP contribution in [0.25, 0.3) is 5.57 Å². The number of ether oxygens (including phenoxy) is 1. The monoisotopic (exact) mass is 466 g/mol. The van der Waals surface area contributed by atoms with Crippen LogP contribution in [0.5, 0.6) is 0 Å². The highest BCUT2D eigenvalue weighted by atomic mass is 16.5. The number of carbonyl (C=O) groups excluding carboxylic acids is 2. The number of ketones is 1. The van der Waals surface area contributed by atoms with Gasteiger partial charge in [-0.2, -0.15) is 0 Å². The molecule has 3 heteroatoms. The van der Waals surface area contributed by atoms with Crippen molar-refractivity contribution in [3.63, 3.8) is 0 Å². The summed E-state index contributed by atoms with van der Waals surface area (Å²) in [6.07, 6.45) is 9.14. The Morgan fingerprint density at radius 2 is 1.34 bits per heavy atom. The summed E-state index contributed by atoms with van der Waals surface area (Å²) in [7, 11) is 0. The number of benzene rings is 3. The van der Waals surface area contributed by atoms with Crippen molar-refractivity contribution in [3.05, 3.63) is 113 Å². The standard InChI is InChI=1S/C32H34O3/c1-2-9-24-14-16-25(17-15-24)26-18-20-29(21-19-26)31(33)23-35-32(34)22-30(27-10-5-3-6-11-27)28-12-7-4-8-13-28/h3-8,10-13,18-22,24-25H,2,9,14-17,23H2,1H3. The Hall–Kier alpha value is -3.46.